The maximum atomic E-state index is 13.7. The van der Waals surface area contributed by atoms with Crippen molar-refractivity contribution in [3.05, 3.63) is 35.6 Å². The molecule has 0 amide bonds. The van der Waals surface area contributed by atoms with Crippen LogP contribution in [0.25, 0.3) is 0 Å². The zero-order chi connectivity index (χ0) is 13.6. The molecule has 0 aliphatic heterocycles. The Bertz CT molecular complexity index is 362. The summed E-state index contributed by atoms with van der Waals surface area (Å²) in [5.74, 6) is 0.570. The maximum Gasteiger partial charge on any atom is 0.126 e. The minimum absolute atomic E-state index is 0.0824. The zero-order valence-electron chi connectivity index (χ0n) is 12.1. The molecule has 0 heterocycles. The van der Waals surface area contributed by atoms with E-state index < -0.39 is 0 Å². The van der Waals surface area contributed by atoms with Gasteiger partial charge in [-0.3, -0.25) is 0 Å². The van der Waals surface area contributed by atoms with Crippen molar-refractivity contribution in [3.8, 4) is 0 Å². The van der Waals surface area contributed by atoms with Crippen LogP contribution in [0.1, 0.15) is 39.7 Å². The van der Waals surface area contributed by atoms with Crippen LogP contribution in [-0.2, 0) is 6.42 Å². The lowest BCUT2D eigenvalue weighted by Gasteiger charge is -2.29. The van der Waals surface area contributed by atoms with Gasteiger partial charge in [0.05, 0.1) is 0 Å². The number of halogens is 1. The SMILES string of the molecule is CCC(C)(CNCC(C)C)Cc1ccccc1F. The predicted octanol–water partition coefficient (Wildman–Crippen LogP) is 4.03. The van der Waals surface area contributed by atoms with Gasteiger partial charge in [0.2, 0.25) is 0 Å². The minimum Gasteiger partial charge on any atom is -0.316 e. The Morgan fingerprint density at radius 1 is 1.28 bits per heavy atom. The van der Waals surface area contributed by atoms with E-state index >= 15 is 0 Å². The number of benzene rings is 1. The number of nitrogens with one attached hydrogen (secondary N) is 1. The highest BCUT2D eigenvalue weighted by Gasteiger charge is 2.23. The second-order valence-electron chi connectivity index (χ2n) is 5.96. The zero-order valence-corrected chi connectivity index (χ0v) is 12.1. The lowest BCUT2D eigenvalue weighted by molar-refractivity contribution is 0.282. The monoisotopic (exact) mass is 251 g/mol. The van der Waals surface area contributed by atoms with E-state index in [0.29, 0.717) is 5.92 Å². The summed E-state index contributed by atoms with van der Waals surface area (Å²) in [5.41, 5.74) is 0.949. The Kier molecular flexibility index (Phi) is 5.80. The van der Waals surface area contributed by atoms with Crippen molar-refractivity contribution in [2.75, 3.05) is 13.1 Å². The number of hydrogen-bond donors (Lipinski definition) is 1. The van der Waals surface area contributed by atoms with Crippen molar-refractivity contribution < 1.29 is 4.39 Å². The van der Waals surface area contributed by atoms with E-state index in [1.807, 2.05) is 12.1 Å². The fourth-order valence-corrected chi connectivity index (χ4v) is 2.08. The highest BCUT2D eigenvalue weighted by molar-refractivity contribution is 5.18. The van der Waals surface area contributed by atoms with Crippen LogP contribution in [0.15, 0.2) is 24.3 Å². The topological polar surface area (TPSA) is 12.0 Å². The third-order valence-corrected chi connectivity index (χ3v) is 3.53. The molecular formula is C16H26FN. The quantitative estimate of drug-likeness (QED) is 0.771. The van der Waals surface area contributed by atoms with Gasteiger partial charge in [-0.15, -0.1) is 0 Å². The van der Waals surface area contributed by atoms with Crippen molar-refractivity contribution >= 4 is 0 Å². The predicted molar refractivity (Wildman–Crippen MR) is 76.2 cm³/mol. The molecule has 1 nitrogen and oxygen atoms in total. The molecule has 0 radical (unpaired) electrons. The molecule has 0 aliphatic carbocycles. The van der Waals surface area contributed by atoms with E-state index in [9.17, 15) is 4.39 Å². The maximum absolute atomic E-state index is 13.7. The van der Waals surface area contributed by atoms with E-state index in [1.54, 1.807) is 12.1 Å². The van der Waals surface area contributed by atoms with E-state index in [-0.39, 0.29) is 11.2 Å². The van der Waals surface area contributed by atoms with Crippen molar-refractivity contribution in [2.24, 2.45) is 11.3 Å². The Morgan fingerprint density at radius 2 is 1.94 bits per heavy atom. The first kappa shape index (κ1) is 15.2. The van der Waals surface area contributed by atoms with Crippen LogP contribution in [0.5, 0.6) is 0 Å². The number of hydrogen-bond acceptors (Lipinski definition) is 1. The largest absolute Gasteiger partial charge is 0.316 e. The van der Waals surface area contributed by atoms with E-state index in [4.69, 9.17) is 0 Å². The average molecular weight is 251 g/mol. The van der Waals surface area contributed by atoms with Crippen molar-refractivity contribution in [1.29, 1.82) is 0 Å². The minimum atomic E-state index is -0.0824. The second-order valence-corrected chi connectivity index (χ2v) is 5.96. The summed E-state index contributed by atoms with van der Waals surface area (Å²) >= 11 is 0. The fourth-order valence-electron chi connectivity index (χ4n) is 2.08. The number of rotatable bonds is 7. The molecule has 18 heavy (non-hydrogen) atoms. The summed E-state index contributed by atoms with van der Waals surface area (Å²) in [7, 11) is 0. The van der Waals surface area contributed by atoms with Crippen molar-refractivity contribution in [3.63, 3.8) is 0 Å². The van der Waals surface area contributed by atoms with Crippen molar-refractivity contribution in [2.45, 2.75) is 40.5 Å². The van der Waals surface area contributed by atoms with Crippen LogP contribution in [0.2, 0.25) is 0 Å². The van der Waals surface area contributed by atoms with Crippen molar-refractivity contribution in [1.82, 2.24) is 5.32 Å². The normalized spacial score (nSPS) is 14.8. The molecule has 1 aromatic carbocycles. The Balaban J connectivity index is 2.62. The van der Waals surface area contributed by atoms with Gasteiger partial charge in [-0.25, -0.2) is 4.39 Å². The summed E-state index contributed by atoms with van der Waals surface area (Å²) in [4.78, 5) is 0. The highest BCUT2D eigenvalue weighted by atomic mass is 19.1. The van der Waals surface area contributed by atoms with Crippen LogP contribution in [-0.4, -0.2) is 13.1 Å². The molecule has 0 spiro atoms. The molecule has 1 N–H and O–H groups in total. The standard InChI is InChI=1S/C16H26FN/c1-5-16(4,12-18-11-13(2)3)10-14-8-6-7-9-15(14)17/h6-9,13,18H,5,10-12H2,1-4H3. The fraction of sp³-hybridized carbons (Fsp3) is 0.625. The summed E-state index contributed by atoms with van der Waals surface area (Å²) < 4.78 is 13.7. The van der Waals surface area contributed by atoms with E-state index in [1.165, 1.54) is 0 Å². The third kappa shape index (κ3) is 4.77. The molecule has 1 atom stereocenters. The molecule has 0 fully saturated rings. The summed E-state index contributed by atoms with van der Waals surface area (Å²) in [6.45, 7) is 10.8. The highest BCUT2D eigenvalue weighted by Crippen LogP contribution is 2.26. The molecule has 0 aromatic heterocycles. The molecule has 1 rings (SSSR count). The third-order valence-electron chi connectivity index (χ3n) is 3.53. The lowest BCUT2D eigenvalue weighted by atomic mass is 9.81. The van der Waals surface area contributed by atoms with Gasteiger partial charge in [0.25, 0.3) is 0 Å². The summed E-state index contributed by atoms with van der Waals surface area (Å²) in [5, 5.41) is 3.49. The molecule has 0 saturated carbocycles. The molecule has 1 unspecified atom stereocenters. The first-order chi connectivity index (χ1) is 8.47. The second kappa shape index (κ2) is 6.89. The van der Waals surface area contributed by atoms with Crippen LogP contribution in [0.3, 0.4) is 0 Å². The summed E-state index contributed by atoms with van der Waals surface area (Å²) in [6, 6.07) is 7.10. The van der Waals surface area contributed by atoms with Crippen LogP contribution >= 0.6 is 0 Å². The smallest absolute Gasteiger partial charge is 0.126 e. The lowest BCUT2D eigenvalue weighted by Crippen LogP contribution is -2.35. The first-order valence-corrected chi connectivity index (χ1v) is 6.91. The molecular weight excluding hydrogens is 225 g/mol. The molecule has 0 aliphatic rings. The Morgan fingerprint density at radius 3 is 2.50 bits per heavy atom. The van der Waals surface area contributed by atoms with Crippen LogP contribution in [0.4, 0.5) is 4.39 Å². The van der Waals surface area contributed by atoms with Gasteiger partial charge in [0.1, 0.15) is 5.82 Å². The Labute approximate surface area is 111 Å². The van der Waals surface area contributed by atoms with Crippen LogP contribution < -0.4 is 5.32 Å². The van der Waals surface area contributed by atoms with Gasteiger partial charge < -0.3 is 5.32 Å². The molecule has 2 heteroatoms. The van der Waals surface area contributed by atoms with Gasteiger partial charge in [-0.05, 0) is 42.3 Å². The first-order valence-electron chi connectivity index (χ1n) is 6.91. The molecule has 1 aromatic rings. The molecule has 0 saturated heterocycles. The van der Waals surface area contributed by atoms with E-state index in [2.05, 4.69) is 33.0 Å². The van der Waals surface area contributed by atoms with Gasteiger partial charge >= 0.3 is 0 Å². The molecule has 102 valence electrons. The average Bonchev–Trinajstić information content (AvgIpc) is 2.32. The van der Waals surface area contributed by atoms with Gasteiger partial charge in [0.15, 0.2) is 0 Å². The van der Waals surface area contributed by atoms with E-state index in [0.717, 1.165) is 31.5 Å². The van der Waals surface area contributed by atoms with Gasteiger partial charge in [0, 0.05) is 6.54 Å². The van der Waals surface area contributed by atoms with Crippen LogP contribution in [0, 0.1) is 17.2 Å². The molecule has 0 bridgehead atoms. The Hall–Kier alpha value is -0.890. The summed E-state index contributed by atoms with van der Waals surface area (Å²) in [6.07, 6.45) is 1.84. The van der Waals surface area contributed by atoms with Gasteiger partial charge in [-0.1, -0.05) is 45.9 Å². The van der Waals surface area contributed by atoms with Gasteiger partial charge in [-0.2, -0.15) is 0 Å².